The normalized spacial score (nSPS) is 15.5. The van der Waals surface area contributed by atoms with Gasteiger partial charge in [-0.2, -0.15) is 13.2 Å². The number of rotatable bonds is 7. The molecule has 2 N–H and O–H groups in total. The van der Waals surface area contributed by atoms with Crippen LogP contribution < -0.4 is 10.9 Å². The number of nitrogens with zero attached hydrogens (tertiary/aromatic N) is 4. The quantitative estimate of drug-likeness (QED) is 0.287. The van der Waals surface area contributed by atoms with E-state index in [-0.39, 0.29) is 40.6 Å². The number of carbonyl (C=O) groups is 2. The molecule has 0 aliphatic carbocycles. The van der Waals surface area contributed by atoms with Crippen molar-refractivity contribution < 1.29 is 27.9 Å². The Labute approximate surface area is 248 Å². The highest BCUT2D eigenvalue weighted by Gasteiger charge is 2.36. The van der Waals surface area contributed by atoms with Crippen molar-refractivity contribution in [3.05, 3.63) is 97.9 Å². The van der Waals surface area contributed by atoms with Crippen molar-refractivity contribution in [2.45, 2.75) is 45.1 Å². The van der Waals surface area contributed by atoms with E-state index < -0.39 is 36.3 Å². The second kappa shape index (κ2) is 12.1. The van der Waals surface area contributed by atoms with Gasteiger partial charge in [0.15, 0.2) is 0 Å². The summed E-state index contributed by atoms with van der Waals surface area (Å²) in [4.78, 5) is 46.9. The average Bonchev–Trinajstić information content (AvgIpc) is 2.96. The number of hydrogen-bond acceptors (Lipinski definition) is 6. The van der Waals surface area contributed by atoms with Gasteiger partial charge in [-0.3, -0.25) is 14.4 Å². The number of fused-ring (bicyclic) bond motifs is 1. The Morgan fingerprint density at radius 2 is 1.88 bits per heavy atom. The Morgan fingerprint density at radius 3 is 2.48 bits per heavy atom. The van der Waals surface area contributed by atoms with Crippen LogP contribution in [0.1, 0.15) is 51.4 Å². The van der Waals surface area contributed by atoms with Crippen molar-refractivity contribution in [3.8, 4) is 5.69 Å². The zero-order chi connectivity index (χ0) is 30.9. The Balaban J connectivity index is 1.75. The lowest BCUT2D eigenvalue weighted by atomic mass is 9.98. The molecule has 0 bridgehead atoms. The van der Waals surface area contributed by atoms with Gasteiger partial charge in [-0.15, -0.1) is 6.58 Å². The van der Waals surface area contributed by atoms with E-state index in [0.29, 0.717) is 22.5 Å². The largest absolute Gasteiger partial charge is 0.417 e. The molecule has 1 aromatic heterocycles. The van der Waals surface area contributed by atoms with Crippen LogP contribution in [0.4, 0.5) is 19.1 Å². The van der Waals surface area contributed by atoms with Gasteiger partial charge in [0, 0.05) is 40.3 Å². The molecule has 0 saturated carbocycles. The second-order valence-electron chi connectivity index (χ2n) is 10.0. The first kappa shape index (κ1) is 31.0. The van der Waals surface area contributed by atoms with E-state index in [1.165, 1.54) is 40.8 Å². The molecule has 2 heterocycles. The number of hydrogen-bond donors (Lipinski definition) is 2. The van der Waals surface area contributed by atoms with Crippen molar-refractivity contribution in [3.63, 3.8) is 0 Å². The molecule has 0 fully saturated rings. The van der Waals surface area contributed by atoms with Crippen LogP contribution in [-0.2, 0) is 19.1 Å². The van der Waals surface area contributed by atoms with Gasteiger partial charge in [0.2, 0.25) is 5.95 Å². The molecular formula is C29H29BrF3N5O4. The SMILES string of the molecule is C=C[C@H](C)Nc1nc2c(c(=O)n1-c1ccc(C(=O)N(C)CO)cc1)C[C@@H](C)N(C(=O)c1ccc(Br)c(C(F)(F)F)c1)C2. The number of aliphatic hydroxyl groups excluding tert-OH is 1. The fourth-order valence-corrected chi connectivity index (χ4v) is 5.08. The molecule has 2 aromatic carbocycles. The van der Waals surface area contributed by atoms with Crippen LogP contribution in [0.25, 0.3) is 5.69 Å². The predicted octanol–water partition coefficient (Wildman–Crippen LogP) is 4.61. The second-order valence-corrected chi connectivity index (χ2v) is 10.9. The molecule has 1 aliphatic heterocycles. The van der Waals surface area contributed by atoms with Crippen molar-refractivity contribution in [1.82, 2.24) is 19.4 Å². The number of amides is 2. The van der Waals surface area contributed by atoms with Gasteiger partial charge < -0.3 is 20.2 Å². The van der Waals surface area contributed by atoms with E-state index in [2.05, 4.69) is 32.8 Å². The van der Waals surface area contributed by atoms with E-state index in [0.717, 1.165) is 11.0 Å². The summed E-state index contributed by atoms with van der Waals surface area (Å²) in [6.07, 6.45) is -2.90. The number of anilines is 1. The number of aliphatic hydroxyl groups is 1. The van der Waals surface area contributed by atoms with Gasteiger partial charge >= 0.3 is 6.18 Å². The maximum atomic E-state index is 13.9. The molecule has 3 aromatic rings. The Bertz CT molecular complexity index is 1590. The number of benzene rings is 2. The van der Waals surface area contributed by atoms with Gasteiger partial charge in [0.25, 0.3) is 17.4 Å². The maximum Gasteiger partial charge on any atom is 0.417 e. The van der Waals surface area contributed by atoms with E-state index in [9.17, 15) is 32.7 Å². The summed E-state index contributed by atoms with van der Waals surface area (Å²) in [6.45, 7) is 6.75. The fourth-order valence-electron chi connectivity index (χ4n) is 4.61. The molecule has 0 radical (unpaired) electrons. The van der Waals surface area contributed by atoms with Gasteiger partial charge in [0.05, 0.1) is 23.5 Å². The molecule has 1 aliphatic rings. The number of halogens is 4. The van der Waals surface area contributed by atoms with Crippen LogP contribution in [0.2, 0.25) is 0 Å². The third-order valence-electron chi connectivity index (χ3n) is 7.04. The molecule has 0 spiro atoms. The minimum absolute atomic E-state index is 0.0824. The van der Waals surface area contributed by atoms with Gasteiger partial charge in [-0.05, 0) is 62.7 Å². The molecular weight excluding hydrogens is 619 g/mol. The minimum Gasteiger partial charge on any atom is -0.376 e. The van der Waals surface area contributed by atoms with Crippen LogP contribution >= 0.6 is 15.9 Å². The monoisotopic (exact) mass is 647 g/mol. The van der Waals surface area contributed by atoms with Crippen molar-refractivity contribution in [1.29, 1.82) is 0 Å². The molecule has 0 unspecified atom stereocenters. The maximum absolute atomic E-state index is 13.9. The average molecular weight is 648 g/mol. The fraction of sp³-hybridized carbons (Fsp3) is 0.310. The summed E-state index contributed by atoms with van der Waals surface area (Å²) < 4.78 is 41.6. The number of alkyl halides is 3. The molecule has 4 rings (SSSR count). The summed E-state index contributed by atoms with van der Waals surface area (Å²) in [6, 6.07) is 8.76. The van der Waals surface area contributed by atoms with Crippen LogP contribution in [-0.4, -0.2) is 62.1 Å². The van der Waals surface area contributed by atoms with E-state index in [1.807, 2.05) is 0 Å². The third kappa shape index (κ3) is 6.12. The summed E-state index contributed by atoms with van der Waals surface area (Å²) in [5.74, 6) is -0.841. The van der Waals surface area contributed by atoms with E-state index in [4.69, 9.17) is 0 Å². The van der Waals surface area contributed by atoms with Gasteiger partial charge in [0.1, 0.15) is 6.73 Å². The zero-order valence-electron chi connectivity index (χ0n) is 23.1. The lowest BCUT2D eigenvalue weighted by molar-refractivity contribution is -0.138. The highest BCUT2D eigenvalue weighted by atomic mass is 79.9. The summed E-state index contributed by atoms with van der Waals surface area (Å²) in [5.41, 5.74) is -0.0338. The number of aromatic nitrogens is 2. The van der Waals surface area contributed by atoms with E-state index >= 15 is 0 Å². The van der Waals surface area contributed by atoms with Crippen LogP contribution in [0.5, 0.6) is 0 Å². The highest BCUT2D eigenvalue weighted by Crippen LogP contribution is 2.36. The smallest absolute Gasteiger partial charge is 0.376 e. The molecule has 13 heteroatoms. The molecule has 222 valence electrons. The van der Waals surface area contributed by atoms with Crippen LogP contribution in [0.15, 0.2) is 64.4 Å². The summed E-state index contributed by atoms with van der Waals surface area (Å²) in [5, 5.41) is 12.4. The van der Waals surface area contributed by atoms with Gasteiger partial charge in [-0.1, -0.05) is 22.0 Å². The summed E-state index contributed by atoms with van der Waals surface area (Å²) >= 11 is 2.90. The first-order valence-electron chi connectivity index (χ1n) is 12.9. The Morgan fingerprint density at radius 1 is 1.24 bits per heavy atom. The first-order chi connectivity index (χ1) is 19.8. The highest BCUT2D eigenvalue weighted by molar-refractivity contribution is 9.10. The van der Waals surface area contributed by atoms with E-state index in [1.54, 1.807) is 32.1 Å². The molecule has 2 amide bonds. The van der Waals surface area contributed by atoms with Crippen LogP contribution in [0, 0.1) is 0 Å². The lowest BCUT2D eigenvalue weighted by Gasteiger charge is -2.35. The van der Waals surface area contributed by atoms with Gasteiger partial charge in [-0.25, -0.2) is 9.55 Å². The number of carbonyl (C=O) groups excluding carboxylic acids is 2. The molecule has 2 atom stereocenters. The Hall–Kier alpha value is -3.97. The standard InChI is InChI=1S/C29H29BrF3N5O4/c1-5-16(2)34-28-35-24-14-37(26(41)19-8-11-23(30)22(13-19)29(31,32)33)17(3)12-21(24)27(42)38(28)20-9-6-18(7-10-20)25(40)36(4)15-39/h5-11,13,16-17,39H,1,12,14-15H2,2-4H3,(H,34,35)/t16-,17+/m0/s1. The lowest BCUT2D eigenvalue weighted by Crippen LogP contribution is -2.46. The van der Waals surface area contributed by atoms with Crippen LogP contribution in [0.3, 0.4) is 0 Å². The zero-order valence-corrected chi connectivity index (χ0v) is 24.7. The Kier molecular flexibility index (Phi) is 8.92. The molecule has 9 nitrogen and oxygen atoms in total. The van der Waals surface area contributed by atoms with Crippen molar-refractivity contribution >= 4 is 33.7 Å². The minimum atomic E-state index is -4.65. The first-order valence-corrected chi connectivity index (χ1v) is 13.7. The third-order valence-corrected chi connectivity index (χ3v) is 7.73. The van der Waals surface area contributed by atoms with Crippen molar-refractivity contribution in [2.75, 3.05) is 19.1 Å². The van der Waals surface area contributed by atoms with Crippen molar-refractivity contribution in [2.24, 2.45) is 0 Å². The molecule has 42 heavy (non-hydrogen) atoms. The predicted molar refractivity (Wildman–Crippen MR) is 154 cm³/mol. The topological polar surface area (TPSA) is 108 Å². The molecule has 0 saturated heterocycles. The summed E-state index contributed by atoms with van der Waals surface area (Å²) in [7, 11) is 1.45. The number of nitrogens with one attached hydrogen (secondary N) is 1.